The summed E-state index contributed by atoms with van der Waals surface area (Å²) in [5.74, 6) is 2.74. The molecular weight excluding hydrogens is 174 g/mol. The van der Waals surface area contributed by atoms with Crippen molar-refractivity contribution in [2.75, 3.05) is 0 Å². The Morgan fingerprint density at radius 1 is 1.71 bits per heavy atom. The average molecular weight is 191 g/mol. The fraction of sp³-hybridized carbons (Fsp3) is 0.545. The lowest BCUT2D eigenvalue weighted by molar-refractivity contribution is 0.563. The minimum atomic E-state index is 0.181. The Labute approximate surface area is 85.5 Å². The Bertz CT molecular complexity index is 309. The van der Waals surface area contributed by atoms with E-state index in [4.69, 9.17) is 6.42 Å². The smallest absolute Gasteiger partial charge is 0.0689 e. The maximum atomic E-state index is 5.39. The molecule has 0 aromatic carbocycles. The van der Waals surface area contributed by atoms with Gasteiger partial charge in [-0.15, -0.1) is 6.42 Å². The highest BCUT2D eigenvalue weighted by Crippen LogP contribution is 1.99. The molecule has 0 saturated heterocycles. The maximum absolute atomic E-state index is 5.39. The third-order valence-corrected chi connectivity index (χ3v) is 2.09. The van der Waals surface area contributed by atoms with Gasteiger partial charge in [-0.2, -0.15) is 5.10 Å². The van der Waals surface area contributed by atoms with Crippen molar-refractivity contribution in [2.24, 2.45) is 7.05 Å². The number of nitrogens with one attached hydrogen (secondary N) is 1. The predicted molar refractivity (Wildman–Crippen MR) is 57.6 cm³/mol. The number of aromatic nitrogens is 2. The normalized spacial score (nSPS) is 12.4. The van der Waals surface area contributed by atoms with Gasteiger partial charge in [0.1, 0.15) is 0 Å². The van der Waals surface area contributed by atoms with E-state index in [0.29, 0.717) is 0 Å². The summed E-state index contributed by atoms with van der Waals surface area (Å²) in [6.07, 6.45) is 11.4. The number of aryl methyl sites for hydroxylation is 1. The molecule has 3 heteroatoms. The topological polar surface area (TPSA) is 29.9 Å². The van der Waals surface area contributed by atoms with E-state index in [1.165, 1.54) is 5.56 Å². The minimum Gasteiger partial charge on any atom is -0.299 e. The molecule has 0 bridgehead atoms. The van der Waals surface area contributed by atoms with Crippen molar-refractivity contribution in [3.63, 3.8) is 0 Å². The van der Waals surface area contributed by atoms with E-state index in [2.05, 4.69) is 23.3 Å². The monoisotopic (exact) mass is 191 g/mol. The number of hydrogen-bond donors (Lipinski definition) is 1. The van der Waals surface area contributed by atoms with E-state index >= 15 is 0 Å². The predicted octanol–water partition coefficient (Wildman–Crippen LogP) is 1.31. The van der Waals surface area contributed by atoms with Gasteiger partial charge in [0.05, 0.1) is 12.2 Å². The number of nitrogens with zero attached hydrogens (tertiary/aromatic N) is 2. The van der Waals surface area contributed by atoms with Gasteiger partial charge in [0.15, 0.2) is 0 Å². The molecule has 76 valence electrons. The van der Waals surface area contributed by atoms with Crippen molar-refractivity contribution in [3.8, 4) is 12.3 Å². The highest BCUT2D eigenvalue weighted by Gasteiger charge is 2.03. The van der Waals surface area contributed by atoms with Crippen LogP contribution in [-0.4, -0.2) is 15.8 Å². The fourth-order valence-corrected chi connectivity index (χ4v) is 1.34. The lowest BCUT2D eigenvalue weighted by Crippen LogP contribution is -2.26. The molecule has 0 saturated carbocycles. The van der Waals surface area contributed by atoms with Crippen LogP contribution in [0.2, 0.25) is 0 Å². The third kappa shape index (κ3) is 3.23. The molecule has 1 atom stereocenters. The molecule has 1 N–H and O–H groups in total. The van der Waals surface area contributed by atoms with Crippen LogP contribution in [0.3, 0.4) is 0 Å². The summed E-state index contributed by atoms with van der Waals surface area (Å²) in [6.45, 7) is 2.93. The highest BCUT2D eigenvalue weighted by atomic mass is 15.2. The van der Waals surface area contributed by atoms with Crippen molar-refractivity contribution in [2.45, 2.75) is 32.4 Å². The second-order valence-electron chi connectivity index (χ2n) is 3.41. The lowest BCUT2D eigenvalue weighted by atomic mass is 10.2. The van der Waals surface area contributed by atoms with Crippen LogP contribution in [0.15, 0.2) is 12.4 Å². The summed E-state index contributed by atoms with van der Waals surface area (Å²) in [6, 6.07) is 0.181. The molecule has 0 spiro atoms. The van der Waals surface area contributed by atoms with Crippen molar-refractivity contribution in [1.82, 2.24) is 15.1 Å². The molecule has 0 fully saturated rings. The molecule has 1 rings (SSSR count). The molecule has 0 radical (unpaired) electrons. The van der Waals surface area contributed by atoms with E-state index in [1.807, 2.05) is 19.4 Å². The Balaban J connectivity index is 2.36. The van der Waals surface area contributed by atoms with Crippen LogP contribution in [0, 0.1) is 12.3 Å². The number of terminal acetylenes is 1. The highest BCUT2D eigenvalue weighted by molar-refractivity contribution is 5.05. The molecule has 14 heavy (non-hydrogen) atoms. The van der Waals surface area contributed by atoms with Crippen molar-refractivity contribution in [3.05, 3.63) is 18.0 Å². The zero-order valence-corrected chi connectivity index (χ0v) is 8.83. The molecule has 1 unspecified atom stereocenters. The summed E-state index contributed by atoms with van der Waals surface area (Å²) in [4.78, 5) is 0. The van der Waals surface area contributed by atoms with E-state index in [9.17, 15) is 0 Å². The maximum Gasteiger partial charge on any atom is 0.0689 e. The standard InChI is InChI=1S/C11H17N3/c1-4-6-11(5-2)12-7-10-8-13-14(3)9-10/h2,8-9,11-12H,4,6-7H2,1,3H3. The quantitative estimate of drug-likeness (QED) is 0.711. The van der Waals surface area contributed by atoms with E-state index < -0.39 is 0 Å². The summed E-state index contributed by atoms with van der Waals surface area (Å²) in [5.41, 5.74) is 1.17. The van der Waals surface area contributed by atoms with Crippen LogP contribution in [0.1, 0.15) is 25.3 Å². The van der Waals surface area contributed by atoms with Crippen LogP contribution in [0.5, 0.6) is 0 Å². The average Bonchev–Trinajstić information content (AvgIpc) is 2.59. The Morgan fingerprint density at radius 3 is 3.00 bits per heavy atom. The van der Waals surface area contributed by atoms with Crippen LogP contribution >= 0.6 is 0 Å². The summed E-state index contributed by atoms with van der Waals surface area (Å²) >= 11 is 0. The van der Waals surface area contributed by atoms with E-state index in [-0.39, 0.29) is 6.04 Å². The molecule has 0 aliphatic heterocycles. The van der Waals surface area contributed by atoms with Gasteiger partial charge in [0, 0.05) is 25.4 Å². The molecule has 0 amide bonds. The molecule has 1 heterocycles. The lowest BCUT2D eigenvalue weighted by Gasteiger charge is -2.10. The SMILES string of the molecule is C#CC(CCC)NCc1cnn(C)c1. The van der Waals surface area contributed by atoms with Gasteiger partial charge >= 0.3 is 0 Å². The van der Waals surface area contributed by atoms with Crippen molar-refractivity contribution >= 4 is 0 Å². The first-order valence-electron chi connectivity index (χ1n) is 4.93. The van der Waals surface area contributed by atoms with Crippen molar-refractivity contribution < 1.29 is 0 Å². The minimum absolute atomic E-state index is 0.181. The van der Waals surface area contributed by atoms with Gasteiger partial charge in [-0.3, -0.25) is 10.00 Å². The molecule has 0 aliphatic carbocycles. The van der Waals surface area contributed by atoms with Gasteiger partial charge in [0.2, 0.25) is 0 Å². The zero-order chi connectivity index (χ0) is 10.4. The first-order valence-corrected chi connectivity index (χ1v) is 4.93. The van der Waals surface area contributed by atoms with E-state index in [0.717, 1.165) is 19.4 Å². The number of rotatable bonds is 5. The van der Waals surface area contributed by atoms with Gasteiger partial charge in [-0.25, -0.2) is 0 Å². The van der Waals surface area contributed by atoms with Crippen LogP contribution in [0.4, 0.5) is 0 Å². The Kier molecular flexibility index (Phi) is 4.21. The van der Waals surface area contributed by atoms with E-state index in [1.54, 1.807) is 4.68 Å². The third-order valence-electron chi connectivity index (χ3n) is 2.09. The van der Waals surface area contributed by atoms with Gasteiger partial charge in [-0.1, -0.05) is 19.3 Å². The first kappa shape index (κ1) is 10.8. The molecule has 1 aromatic heterocycles. The van der Waals surface area contributed by atoms with Crippen LogP contribution < -0.4 is 5.32 Å². The number of hydrogen-bond acceptors (Lipinski definition) is 2. The van der Waals surface area contributed by atoms with Crippen molar-refractivity contribution in [1.29, 1.82) is 0 Å². The first-order chi connectivity index (χ1) is 6.76. The fourth-order valence-electron chi connectivity index (χ4n) is 1.34. The summed E-state index contributed by atoms with van der Waals surface area (Å²) in [7, 11) is 1.91. The van der Waals surface area contributed by atoms with Gasteiger partial charge < -0.3 is 0 Å². The van der Waals surface area contributed by atoms with Gasteiger partial charge in [-0.05, 0) is 6.42 Å². The van der Waals surface area contributed by atoms with Gasteiger partial charge in [0.25, 0.3) is 0 Å². The van der Waals surface area contributed by atoms with Crippen LogP contribution in [-0.2, 0) is 13.6 Å². The second-order valence-corrected chi connectivity index (χ2v) is 3.41. The Morgan fingerprint density at radius 2 is 2.50 bits per heavy atom. The summed E-state index contributed by atoms with van der Waals surface area (Å²) < 4.78 is 1.79. The Hall–Kier alpha value is -1.27. The largest absolute Gasteiger partial charge is 0.299 e. The molecule has 3 nitrogen and oxygen atoms in total. The van der Waals surface area contributed by atoms with Crippen LogP contribution in [0.25, 0.3) is 0 Å². The molecular formula is C11H17N3. The summed E-state index contributed by atoms with van der Waals surface area (Å²) in [5, 5.41) is 7.40. The molecule has 0 aliphatic rings. The second kappa shape index (κ2) is 5.46. The molecule has 1 aromatic rings. The zero-order valence-electron chi connectivity index (χ0n) is 8.83.